The van der Waals surface area contributed by atoms with E-state index >= 15 is 0 Å². The van der Waals surface area contributed by atoms with Gasteiger partial charge in [0.2, 0.25) is 0 Å². The monoisotopic (exact) mass is 367 g/mol. The lowest BCUT2D eigenvalue weighted by molar-refractivity contribution is 0.0663. The fourth-order valence-electron chi connectivity index (χ4n) is 2.61. The van der Waals surface area contributed by atoms with Crippen molar-refractivity contribution in [3.8, 4) is 0 Å². The summed E-state index contributed by atoms with van der Waals surface area (Å²) in [4.78, 5) is 14.7. The van der Waals surface area contributed by atoms with Crippen LogP contribution in [0.1, 0.15) is 27.7 Å². The summed E-state index contributed by atoms with van der Waals surface area (Å²) in [5.41, 5.74) is 14.2. The van der Waals surface area contributed by atoms with Gasteiger partial charge in [-0.3, -0.25) is 4.79 Å². The van der Waals surface area contributed by atoms with E-state index in [9.17, 15) is 4.79 Å². The second-order valence-corrected chi connectivity index (χ2v) is 6.13. The summed E-state index contributed by atoms with van der Waals surface area (Å²) in [7, 11) is 0. The Morgan fingerprint density at radius 3 is 2.31 bits per heavy atom. The smallest absolute Gasteiger partial charge is 0.259 e. The summed E-state index contributed by atoms with van der Waals surface area (Å²) in [6.07, 6.45) is -0.657. The van der Waals surface area contributed by atoms with Gasteiger partial charge in [-0.2, -0.15) is 0 Å². The molecule has 0 saturated heterocycles. The number of anilines is 1. The molecule has 1 aromatic heterocycles. The molecule has 7 heteroatoms. The molecule has 4 N–H and O–H groups in total. The van der Waals surface area contributed by atoms with Crippen molar-refractivity contribution in [2.45, 2.75) is 12.7 Å². The second-order valence-electron chi connectivity index (χ2n) is 5.74. The first kappa shape index (κ1) is 17.8. The van der Waals surface area contributed by atoms with Gasteiger partial charge in [-0.05, 0) is 17.2 Å². The van der Waals surface area contributed by atoms with E-state index in [1.807, 2.05) is 60.7 Å². The lowest BCUT2D eigenvalue weighted by Crippen LogP contribution is -2.39. The van der Waals surface area contributed by atoms with Crippen LogP contribution in [0.4, 0.5) is 5.82 Å². The predicted molar refractivity (Wildman–Crippen MR) is 101 cm³/mol. The van der Waals surface area contributed by atoms with Crippen LogP contribution < -0.4 is 11.5 Å². The van der Waals surface area contributed by atoms with E-state index in [0.717, 1.165) is 11.1 Å². The van der Waals surface area contributed by atoms with Gasteiger partial charge in [-0.15, -0.1) is 10.2 Å². The zero-order valence-electron chi connectivity index (χ0n) is 13.9. The average molecular weight is 368 g/mol. The minimum absolute atomic E-state index is 0.0118. The highest BCUT2D eigenvalue weighted by molar-refractivity contribution is 6.29. The van der Waals surface area contributed by atoms with Crippen LogP contribution in [0, 0.1) is 0 Å². The molecule has 0 bridgehead atoms. The third-order valence-electron chi connectivity index (χ3n) is 3.96. The third-order valence-corrected chi connectivity index (χ3v) is 4.14. The fraction of sp³-hybridized carbons (Fsp3) is 0.105. The van der Waals surface area contributed by atoms with E-state index in [1.54, 1.807) is 0 Å². The van der Waals surface area contributed by atoms with Crippen molar-refractivity contribution < 1.29 is 4.79 Å². The van der Waals surface area contributed by atoms with Gasteiger partial charge in [0.15, 0.2) is 11.0 Å². The van der Waals surface area contributed by atoms with Crippen molar-refractivity contribution in [1.82, 2.24) is 15.1 Å². The number of nitrogen functional groups attached to an aromatic ring is 1. The lowest BCUT2D eigenvalue weighted by Gasteiger charge is -2.30. The number of nitrogens with zero attached hydrogens (tertiary/aromatic N) is 3. The number of benzene rings is 2. The number of aromatic nitrogens is 2. The third kappa shape index (κ3) is 3.99. The lowest BCUT2D eigenvalue weighted by atomic mass is 10.1. The summed E-state index contributed by atoms with van der Waals surface area (Å²) in [6.45, 7) is 0.315. The van der Waals surface area contributed by atoms with Crippen LogP contribution in [-0.4, -0.2) is 21.0 Å². The van der Waals surface area contributed by atoms with Crippen molar-refractivity contribution in [1.29, 1.82) is 0 Å². The maximum Gasteiger partial charge on any atom is 0.259 e. The summed E-state index contributed by atoms with van der Waals surface area (Å²) in [6, 6.07) is 20.4. The number of rotatable bonds is 5. The van der Waals surface area contributed by atoms with Gasteiger partial charge in [0.25, 0.3) is 5.91 Å². The van der Waals surface area contributed by atoms with E-state index in [-0.39, 0.29) is 22.4 Å². The molecular formula is C19H18ClN5O. The number of carbonyl (C=O) groups excluding carboxylic acids is 1. The molecule has 1 amide bonds. The number of hydrogen-bond acceptors (Lipinski definition) is 5. The number of carbonyl (C=O) groups is 1. The zero-order chi connectivity index (χ0) is 18.5. The van der Waals surface area contributed by atoms with E-state index < -0.39 is 6.17 Å². The molecule has 0 radical (unpaired) electrons. The normalized spacial score (nSPS) is 11.8. The molecule has 2 aromatic carbocycles. The number of nitrogens with two attached hydrogens (primary N) is 2. The Morgan fingerprint density at radius 1 is 1.04 bits per heavy atom. The Kier molecular flexibility index (Phi) is 5.46. The van der Waals surface area contributed by atoms with Gasteiger partial charge >= 0.3 is 0 Å². The van der Waals surface area contributed by atoms with E-state index in [1.165, 1.54) is 11.0 Å². The van der Waals surface area contributed by atoms with Gasteiger partial charge in [-0.25, -0.2) is 0 Å². The molecule has 1 unspecified atom stereocenters. The van der Waals surface area contributed by atoms with Crippen LogP contribution in [0.25, 0.3) is 0 Å². The van der Waals surface area contributed by atoms with Crippen LogP contribution in [0.5, 0.6) is 0 Å². The maximum atomic E-state index is 13.2. The number of halogens is 1. The first-order chi connectivity index (χ1) is 12.6. The first-order valence-corrected chi connectivity index (χ1v) is 8.38. The van der Waals surface area contributed by atoms with Crippen molar-refractivity contribution in [3.63, 3.8) is 0 Å². The molecule has 0 spiro atoms. The molecule has 0 saturated carbocycles. The molecular weight excluding hydrogens is 350 g/mol. The standard InChI is InChI=1S/C19H18ClN5O/c20-16-11-15(17(21)24-23-16)19(26)25(12-13-7-3-1-4-8-13)18(22)14-9-5-2-6-10-14/h1-11,18H,12,22H2,(H2,21,24). The van der Waals surface area contributed by atoms with Crippen LogP contribution in [0.2, 0.25) is 5.15 Å². The molecule has 0 aliphatic rings. The van der Waals surface area contributed by atoms with E-state index in [4.69, 9.17) is 23.1 Å². The number of amides is 1. The SMILES string of the molecule is Nc1nnc(Cl)cc1C(=O)N(Cc1ccccc1)C(N)c1ccccc1. The quantitative estimate of drug-likeness (QED) is 0.675. The van der Waals surface area contributed by atoms with Crippen LogP contribution >= 0.6 is 11.6 Å². The minimum Gasteiger partial charge on any atom is -0.382 e. The molecule has 3 aromatic rings. The Bertz CT molecular complexity index is 889. The predicted octanol–water partition coefficient (Wildman–Crippen LogP) is 3.01. The largest absolute Gasteiger partial charge is 0.382 e. The molecule has 132 valence electrons. The highest BCUT2D eigenvalue weighted by Gasteiger charge is 2.26. The molecule has 1 heterocycles. The van der Waals surface area contributed by atoms with Gasteiger partial charge in [0, 0.05) is 6.54 Å². The zero-order valence-corrected chi connectivity index (χ0v) is 14.7. The average Bonchev–Trinajstić information content (AvgIpc) is 2.68. The second kappa shape index (κ2) is 7.95. The van der Waals surface area contributed by atoms with Crippen LogP contribution in [-0.2, 0) is 6.54 Å². The van der Waals surface area contributed by atoms with Crippen molar-refractivity contribution in [2.75, 3.05) is 5.73 Å². The molecule has 3 rings (SSSR count). The summed E-state index contributed by atoms with van der Waals surface area (Å²) in [5, 5.41) is 7.48. The van der Waals surface area contributed by atoms with Gasteiger partial charge in [0.1, 0.15) is 6.17 Å². The highest BCUT2D eigenvalue weighted by atomic mass is 35.5. The summed E-state index contributed by atoms with van der Waals surface area (Å²) in [5.74, 6) is -0.350. The molecule has 26 heavy (non-hydrogen) atoms. The van der Waals surface area contributed by atoms with Gasteiger partial charge in [-0.1, -0.05) is 72.3 Å². The van der Waals surface area contributed by atoms with Gasteiger partial charge < -0.3 is 16.4 Å². The summed E-state index contributed by atoms with van der Waals surface area (Å²) < 4.78 is 0. The molecule has 1 atom stereocenters. The highest BCUT2D eigenvalue weighted by Crippen LogP contribution is 2.23. The van der Waals surface area contributed by atoms with Gasteiger partial charge in [0.05, 0.1) is 5.56 Å². The van der Waals surface area contributed by atoms with Crippen molar-refractivity contribution >= 4 is 23.3 Å². The van der Waals surface area contributed by atoms with E-state index in [2.05, 4.69) is 10.2 Å². The fourth-order valence-corrected chi connectivity index (χ4v) is 2.76. The molecule has 6 nitrogen and oxygen atoms in total. The Labute approximate surface area is 156 Å². The Balaban J connectivity index is 1.99. The maximum absolute atomic E-state index is 13.2. The van der Waals surface area contributed by atoms with Crippen molar-refractivity contribution in [3.05, 3.63) is 88.6 Å². The van der Waals surface area contributed by atoms with Crippen LogP contribution in [0.3, 0.4) is 0 Å². The molecule has 0 aliphatic heterocycles. The number of hydrogen-bond donors (Lipinski definition) is 2. The van der Waals surface area contributed by atoms with E-state index in [0.29, 0.717) is 6.54 Å². The minimum atomic E-state index is -0.657. The topological polar surface area (TPSA) is 98.1 Å². The Morgan fingerprint density at radius 2 is 1.65 bits per heavy atom. The molecule has 0 aliphatic carbocycles. The molecule has 0 fully saturated rings. The van der Waals surface area contributed by atoms with Crippen molar-refractivity contribution in [2.24, 2.45) is 5.73 Å². The van der Waals surface area contributed by atoms with Crippen LogP contribution in [0.15, 0.2) is 66.7 Å². The summed E-state index contributed by atoms with van der Waals surface area (Å²) >= 11 is 5.89. The Hall–Kier alpha value is -2.96. The first-order valence-electron chi connectivity index (χ1n) is 8.00.